The first-order valence-corrected chi connectivity index (χ1v) is 14.0. The molecule has 11 nitrogen and oxygen atoms in total. The number of nitrogens with zero attached hydrogens (tertiary/aromatic N) is 4. The Morgan fingerprint density at radius 1 is 1.13 bits per heavy atom. The van der Waals surface area contributed by atoms with Crippen molar-refractivity contribution >= 4 is 10.0 Å². The molecule has 1 aromatic carbocycles. The predicted octanol–water partition coefficient (Wildman–Crippen LogP) is 0.518. The zero-order valence-electron chi connectivity index (χ0n) is 21.1. The number of aromatic nitrogens is 3. The van der Waals surface area contributed by atoms with E-state index in [-0.39, 0.29) is 43.2 Å². The molecule has 2 aromatic heterocycles. The molecule has 38 heavy (non-hydrogen) atoms. The second kappa shape index (κ2) is 10.7. The van der Waals surface area contributed by atoms with Gasteiger partial charge in [0, 0.05) is 68.4 Å². The smallest absolute Gasteiger partial charge is 0.244 e. The van der Waals surface area contributed by atoms with Crippen molar-refractivity contribution in [2.45, 2.75) is 42.6 Å². The van der Waals surface area contributed by atoms with Crippen LogP contribution in [0.1, 0.15) is 18.4 Å². The Labute approximate surface area is 221 Å². The second-order valence-electron chi connectivity index (χ2n) is 10.4. The molecule has 1 aliphatic carbocycles. The fourth-order valence-electron chi connectivity index (χ4n) is 5.44. The first-order valence-electron chi connectivity index (χ1n) is 12.5. The van der Waals surface area contributed by atoms with Gasteiger partial charge in [-0.25, -0.2) is 13.1 Å². The molecule has 1 spiro atoms. The van der Waals surface area contributed by atoms with Gasteiger partial charge in [0.2, 0.25) is 10.0 Å². The van der Waals surface area contributed by atoms with E-state index in [0.29, 0.717) is 13.1 Å². The van der Waals surface area contributed by atoms with Crippen molar-refractivity contribution in [2.24, 2.45) is 12.5 Å². The number of aliphatic hydroxyl groups excluding tert-OH is 3. The molecular formula is C26H33N5O6S. The number of hydrogen-bond acceptors (Lipinski definition) is 9. The van der Waals surface area contributed by atoms with Crippen molar-refractivity contribution in [2.75, 3.05) is 26.2 Å². The van der Waals surface area contributed by atoms with E-state index in [1.165, 1.54) is 6.07 Å². The number of β-amino-alcohol motifs (C(OH)–C–C–N with tert-alkyl or cyclic N) is 1. The molecule has 1 unspecified atom stereocenters. The topological polar surface area (TPSA) is 150 Å². The fraction of sp³-hybridized carbons (Fsp3) is 0.462. The third-order valence-electron chi connectivity index (χ3n) is 7.19. The molecule has 1 saturated carbocycles. The molecule has 204 valence electrons. The lowest BCUT2D eigenvalue weighted by atomic mass is 9.85. The quantitative estimate of drug-likeness (QED) is 0.371. The first-order chi connectivity index (χ1) is 18.1. The van der Waals surface area contributed by atoms with E-state index in [1.54, 1.807) is 41.5 Å². The van der Waals surface area contributed by atoms with Crippen molar-refractivity contribution in [3.63, 3.8) is 0 Å². The summed E-state index contributed by atoms with van der Waals surface area (Å²) >= 11 is 0. The zero-order chi connectivity index (χ0) is 26.9. The summed E-state index contributed by atoms with van der Waals surface area (Å²) < 4.78 is 37.0. The maximum atomic E-state index is 13.3. The van der Waals surface area contributed by atoms with Crippen LogP contribution in [0.3, 0.4) is 0 Å². The summed E-state index contributed by atoms with van der Waals surface area (Å²) in [6.45, 7) is 0.927. The highest BCUT2D eigenvalue weighted by Gasteiger charge is 2.46. The van der Waals surface area contributed by atoms with Crippen LogP contribution < -0.4 is 9.46 Å². The number of rotatable bonds is 3. The van der Waals surface area contributed by atoms with Gasteiger partial charge >= 0.3 is 0 Å². The zero-order valence-corrected chi connectivity index (χ0v) is 22.0. The highest BCUT2D eigenvalue weighted by Crippen LogP contribution is 2.41. The summed E-state index contributed by atoms with van der Waals surface area (Å²) in [4.78, 5) is 6.10. The third kappa shape index (κ3) is 5.90. The van der Waals surface area contributed by atoms with Crippen molar-refractivity contribution in [3.05, 3.63) is 60.7 Å². The van der Waals surface area contributed by atoms with Crippen LogP contribution in [0.4, 0.5) is 0 Å². The Morgan fingerprint density at radius 3 is 2.61 bits per heavy atom. The average Bonchev–Trinajstić information content (AvgIpc) is 3.42. The van der Waals surface area contributed by atoms with Gasteiger partial charge in [-0.3, -0.25) is 14.6 Å². The molecule has 4 N–H and O–H groups in total. The maximum absolute atomic E-state index is 13.3. The maximum Gasteiger partial charge on any atom is 0.244 e. The van der Waals surface area contributed by atoms with Crippen molar-refractivity contribution in [1.29, 1.82) is 0 Å². The van der Waals surface area contributed by atoms with Crippen LogP contribution in [0.15, 0.2) is 60.0 Å². The van der Waals surface area contributed by atoms with E-state index in [9.17, 15) is 23.7 Å². The van der Waals surface area contributed by atoms with Gasteiger partial charge < -0.3 is 20.1 Å². The molecule has 0 radical (unpaired) electrons. The number of ether oxygens (including phenoxy) is 1. The Balaban J connectivity index is 1.52. The number of sulfonamides is 1. The standard InChI is InChI=1S/C26H33N5O6S/c1-30-13-18(10-28-30)14-31-15-21(32)12-29-38(35,36)25-5-4-19(20-3-2-6-27-11-20)7-24(25)37-17-26(16-31)8-22(33)23(34)9-26/h2-7,10-11,13,21-23,29,32-34H,8-9,12,14-17H2,1H3/t21-,22-,23+,26?/m0/s1. The molecule has 2 aliphatic rings. The number of fused-ring (bicyclic) bond motifs is 1. The molecular weight excluding hydrogens is 510 g/mol. The highest BCUT2D eigenvalue weighted by molar-refractivity contribution is 7.89. The van der Waals surface area contributed by atoms with E-state index < -0.39 is 33.8 Å². The molecule has 3 aromatic rings. The molecule has 0 bridgehead atoms. The number of pyridine rings is 1. The average molecular weight is 544 g/mol. The normalized spacial score (nSPS) is 28.3. The first kappa shape index (κ1) is 26.7. The highest BCUT2D eigenvalue weighted by atomic mass is 32.2. The largest absolute Gasteiger partial charge is 0.492 e. The molecule has 12 heteroatoms. The summed E-state index contributed by atoms with van der Waals surface area (Å²) in [5, 5.41) is 36.1. The molecule has 3 heterocycles. The summed E-state index contributed by atoms with van der Waals surface area (Å²) in [5.74, 6) is 0.156. The van der Waals surface area contributed by atoms with Crippen LogP contribution in [0.5, 0.6) is 5.75 Å². The van der Waals surface area contributed by atoms with Gasteiger partial charge in [0.25, 0.3) is 0 Å². The van der Waals surface area contributed by atoms with Gasteiger partial charge in [0.15, 0.2) is 0 Å². The molecule has 1 aliphatic heterocycles. The lowest BCUT2D eigenvalue weighted by Gasteiger charge is -2.36. The number of hydrogen-bond donors (Lipinski definition) is 4. The van der Waals surface area contributed by atoms with Crippen molar-refractivity contribution in [1.82, 2.24) is 24.4 Å². The van der Waals surface area contributed by atoms with Gasteiger partial charge in [0.05, 0.1) is 31.1 Å². The number of benzene rings is 1. The molecule has 0 saturated heterocycles. The minimum atomic E-state index is -4.01. The van der Waals surface area contributed by atoms with Crippen LogP contribution >= 0.6 is 0 Å². The van der Waals surface area contributed by atoms with Gasteiger partial charge in [0.1, 0.15) is 10.6 Å². The van der Waals surface area contributed by atoms with Crippen LogP contribution in [0.25, 0.3) is 11.1 Å². The number of aryl methyl sites for hydroxylation is 1. The summed E-state index contributed by atoms with van der Waals surface area (Å²) in [7, 11) is -2.19. The molecule has 5 rings (SSSR count). The van der Waals surface area contributed by atoms with E-state index in [1.807, 2.05) is 24.2 Å². The monoisotopic (exact) mass is 543 g/mol. The third-order valence-corrected chi connectivity index (χ3v) is 8.65. The van der Waals surface area contributed by atoms with Crippen molar-refractivity contribution < 1.29 is 28.5 Å². The lowest BCUT2D eigenvalue weighted by molar-refractivity contribution is 0.0427. The summed E-state index contributed by atoms with van der Waals surface area (Å²) in [6.07, 6.45) is 4.66. The second-order valence-corrected chi connectivity index (χ2v) is 12.2. The van der Waals surface area contributed by atoms with Gasteiger partial charge in [-0.2, -0.15) is 5.10 Å². The Kier molecular flexibility index (Phi) is 7.54. The van der Waals surface area contributed by atoms with Gasteiger partial charge in [-0.1, -0.05) is 12.1 Å². The molecule has 0 amide bonds. The molecule has 1 fully saturated rings. The van der Waals surface area contributed by atoms with E-state index in [2.05, 4.69) is 14.8 Å². The molecule has 4 atom stereocenters. The van der Waals surface area contributed by atoms with E-state index >= 15 is 0 Å². The van der Waals surface area contributed by atoms with Gasteiger partial charge in [-0.15, -0.1) is 0 Å². The van der Waals surface area contributed by atoms with E-state index in [0.717, 1.165) is 16.7 Å². The fourth-order valence-corrected chi connectivity index (χ4v) is 6.64. The van der Waals surface area contributed by atoms with Crippen LogP contribution in [-0.4, -0.2) is 88.0 Å². The van der Waals surface area contributed by atoms with Gasteiger partial charge in [-0.05, 0) is 36.6 Å². The van der Waals surface area contributed by atoms with Crippen LogP contribution in [0.2, 0.25) is 0 Å². The van der Waals surface area contributed by atoms with Crippen LogP contribution in [-0.2, 0) is 23.6 Å². The minimum Gasteiger partial charge on any atom is -0.492 e. The van der Waals surface area contributed by atoms with E-state index in [4.69, 9.17) is 4.74 Å². The lowest BCUT2D eigenvalue weighted by Crippen LogP contribution is -2.46. The van der Waals surface area contributed by atoms with Crippen LogP contribution in [0, 0.1) is 5.41 Å². The predicted molar refractivity (Wildman–Crippen MR) is 139 cm³/mol. The Morgan fingerprint density at radius 2 is 1.92 bits per heavy atom. The SMILES string of the molecule is Cn1cc(CN2C[C@@H](O)CNS(=O)(=O)c3ccc(-c4cccnc4)cc3OCC3(C[C@@H](O)[C@@H](O)C3)C2)cn1. The summed E-state index contributed by atoms with van der Waals surface area (Å²) in [6, 6.07) is 8.50. The Bertz CT molecular complexity index is 1360. The van der Waals surface area contributed by atoms with Crippen molar-refractivity contribution in [3.8, 4) is 16.9 Å². The number of aliphatic hydroxyl groups is 3. The summed E-state index contributed by atoms with van der Waals surface area (Å²) in [5.41, 5.74) is 1.78. The minimum absolute atomic E-state index is 0.0422. The number of nitrogens with one attached hydrogen (secondary N) is 1. The Hall–Kier alpha value is -2.87.